The first kappa shape index (κ1) is 24.5. The molecule has 0 bridgehead atoms. The highest BCUT2D eigenvalue weighted by Gasteiger charge is 2.22. The van der Waals surface area contributed by atoms with Gasteiger partial charge in [-0.1, -0.05) is 42.4 Å². The van der Waals surface area contributed by atoms with Crippen LogP contribution in [0.3, 0.4) is 0 Å². The number of rotatable bonds is 10. The number of aryl methyl sites for hydroxylation is 1. The van der Waals surface area contributed by atoms with E-state index in [4.69, 9.17) is 4.42 Å². The molecule has 0 aliphatic rings. The molecule has 0 fully saturated rings. The lowest BCUT2D eigenvalue weighted by Gasteiger charge is -2.13. The smallest absolute Gasteiger partial charge is 0.224 e. The molecule has 2 aromatic heterocycles. The first-order chi connectivity index (χ1) is 16.9. The molecule has 1 N–H and O–H groups in total. The normalized spacial score (nSPS) is 11.9. The Morgan fingerprint density at radius 3 is 2.57 bits per heavy atom. The summed E-state index contributed by atoms with van der Waals surface area (Å²) >= 11 is 1.36. The van der Waals surface area contributed by atoms with E-state index in [0.717, 1.165) is 29.1 Å². The summed E-state index contributed by atoms with van der Waals surface area (Å²) in [5.41, 5.74) is 3.34. The highest BCUT2D eigenvalue weighted by Crippen LogP contribution is 2.30. The summed E-state index contributed by atoms with van der Waals surface area (Å²) in [7, 11) is 0. The van der Waals surface area contributed by atoms with Crippen molar-refractivity contribution in [2.24, 2.45) is 0 Å². The van der Waals surface area contributed by atoms with Gasteiger partial charge in [0.05, 0.1) is 18.1 Å². The lowest BCUT2D eigenvalue weighted by molar-refractivity contribution is -0.116. The zero-order chi connectivity index (χ0) is 24.8. The van der Waals surface area contributed by atoms with Gasteiger partial charge in [0, 0.05) is 23.2 Å². The van der Waals surface area contributed by atoms with E-state index in [1.165, 1.54) is 11.8 Å². The fourth-order valence-corrected chi connectivity index (χ4v) is 4.61. The second-order valence-electron chi connectivity index (χ2n) is 8.34. The minimum absolute atomic E-state index is 0.0221. The molecule has 0 aliphatic carbocycles. The molecule has 0 radical (unpaired) electrons. The maximum atomic E-state index is 13.2. The summed E-state index contributed by atoms with van der Waals surface area (Å²) in [6.07, 6.45) is 2.89. The third-order valence-corrected chi connectivity index (χ3v) is 6.55. The Kier molecular flexibility index (Phi) is 7.82. The SMILES string of the molecule is CCCC(=O)Nc1ccc(C(=O)C(C)Sc2nnc(-c3cccc(C)c3)n2Cc2ccco2)cc1. The van der Waals surface area contributed by atoms with Crippen molar-refractivity contribution >= 4 is 29.1 Å². The van der Waals surface area contributed by atoms with Crippen LogP contribution in [-0.2, 0) is 11.3 Å². The van der Waals surface area contributed by atoms with Crippen molar-refractivity contribution in [3.63, 3.8) is 0 Å². The number of benzene rings is 2. The second-order valence-corrected chi connectivity index (χ2v) is 9.65. The molecule has 35 heavy (non-hydrogen) atoms. The highest BCUT2D eigenvalue weighted by atomic mass is 32.2. The number of thioether (sulfide) groups is 1. The second kappa shape index (κ2) is 11.2. The van der Waals surface area contributed by atoms with Crippen molar-refractivity contribution in [1.29, 1.82) is 0 Å². The molecular formula is C27H28N4O3S. The lowest BCUT2D eigenvalue weighted by atomic mass is 10.1. The number of ketones is 1. The molecule has 1 atom stereocenters. The van der Waals surface area contributed by atoms with Gasteiger partial charge < -0.3 is 9.73 Å². The fraction of sp³-hybridized carbons (Fsp3) is 0.259. The Morgan fingerprint density at radius 2 is 1.89 bits per heavy atom. The van der Waals surface area contributed by atoms with Gasteiger partial charge in [-0.15, -0.1) is 10.2 Å². The molecule has 0 spiro atoms. The number of carbonyl (C=O) groups excluding carboxylic acids is 2. The number of furan rings is 1. The number of Topliss-reactive ketones (excluding diaryl/α,β-unsaturated/α-hetero) is 1. The van der Waals surface area contributed by atoms with E-state index in [-0.39, 0.29) is 16.9 Å². The molecule has 0 saturated heterocycles. The molecule has 180 valence electrons. The molecule has 1 amide bonds. The van der Waals surface area contributed by atoms with Gasteiger partial charge in [-0.3, -0.25) is 14.2 Å². The van der Waals surface area contributed by atoms with Gasteiger partial charge in [-0.05, 0) is 62.7 Å². The minimum Gasteiger partial charge on any atom is -0.467 e. The van der Waals surface area contributed by atoms with E-state index in [1.807, 2.05) is 55.7 Å². The van der Waals surface area contributed by atoms with Crippen LogP contribution < -0.4 is 5.32 Å². The molecule has 2 aromatic carbocycles. The lowest BCUT2D eigenvalue weighted by Crippen LogP contribution is -2.15. The molecule has 0 aliphatic heterocycles. The fourth-order valence-electron chi connectivity index (χ4n) is 3.69. The largest absolute Gasteiger partial charge is 0.467 e. The third-order valence-electron chi connectivity index (χ3n) is 5.47. The number of nitrogens with one attached hydrogen (secondary N) is 1. The average Bonchev–Trinajstić information content (AvgIpc) is 3.50. The summed E-state index contributed by atoms with van der Waals surface area (Å²) in [6, 6.07) is 18.8. The molecule has 7 nitrogen and oxygen atoms in total. The van der Waals surface area contributed by atoms with Crippen LogP contribution >= 0.6 is 11.8 Å². The standard InChI is InChI=1S/C27H28N4O3S/c1-4-7-24(32)28-22-13-11-20(12-14-22)25(33)19(3)35-27-30-29-26(21-9-5-8-18(2)16-21)31(27)17-23-10-6-15-34-23/h5-6,8-16,19H,4,7,17H2,1-3H3,(H,28,32). The van der Waals surface area contributed by atoms with Crippen molar-refractivity contribution < 1.29 is 14.0 Å². The van der Waals surface area contributed by atoms with E-state index in [2.05, 4.69) is 21.6 Å². The predicted molar refractivity (Wildman–Crippen MR) is 138 cm³/mol. The zero-order valence-corrected chi connectivity index (χ0v) is 20.8. The Labute approximate surface area is 209 Å². The number of amides is 1. The van der Waals surface area contributed by atoms with Crippen molar-refractivity contribution in [1.82, 2.24) is 14.8 Å². The van der Waals surface area contributed by atoms with Gasteiger partial charge in [-0.25, -0.2) is 0 Å². The first-order valence-corrected chi connectivity index (χ1v) is 12.5. The van der Waals surface area contributed by atoms with Crippen LogP contribution in [0.5, 0.6) is 0 Å². The van der Waals surface area contributed by atoms with Gasteiger partial charge in [0.1, 0.15) is 5.76 Å². The Balaban J connectivity index is 1.54. The van der Waals surface area contributed by atoms with E-state index < -0.39 is 0 Å². The van der Waals surface area contributed by atoms with Crippen LogP contribution in [0.25, 0.3) is 11.4 Å². The molecule has 2 heterocycles. The Bertz CT molecular complexity index is 1300. The van der Waals surface area contributed by atoms with Crippen molar-refractivity contribution in [2.75, 3.05) is 5.32 Å². The molecular weight excluding hydrogens is 460 g/mol. The summed E-state index contributed by atoms with van der Waals surface area (Å²) < 4.78 is 7.55. The van der Waals surface area contributed by atoms with Crippen LogP contribution in [0.15, 0.2) is 76.5 Å². The van der Waals surface area contributed by atoms with E-state index in [1.54, 1.807) is 30.5 Å². The first-order valence-electron chi connectivity index (χ1n) is 11.6. The summed E-state index contributed by atoms with van der Waals surface area (Å²) in [5, 5.41) is 12.0. The van der Waals surface area contributed by atoms with Gasteiger partial charge in [-0.2, -0.15) is 0 Å². The van der Waals surface area contributed by atoms with Gasteiger partial charge >= 0.3 is 0 Å². The number of aromatic nitrogens is 3. The minimum atomic E-state index is -0.388. The maximum absolute atomic E-state index is 13.2. The average molecular weight is 489 g/mol. The number of carbonyl (C=O) groups is 2. The van der Waals surface area contributed by atoms with Crippen LogP contribution in [0.4, 0.5) is 5.69 Å². The number of anilines is 1. The van der Waals surface area contributed by atoms with Crippen LogP contribution in [0, 0.1) is 6.92 Å². The maximum Gasteiger partial charge on any atom is 0.224 e. The molecule has 0 saturated carbocycles. The van der Waals surface area contributed by atoms with E-state index >= 15 is 0 Å². The Morgan fingerprint density at radius 1 is 1.09 bits per heavy atom. The summed E-state index contributed by atoms with van der Waals surface area (Å²) in [6.45, 7) is 6.31. The van der Waals surface area contributed by atoms with Crippen LogP contribution in [0.2, 0.25) is 0 Å². The number of hydrogen-bond acceptors (Lipinski definition) is 6. The topological polar surface area (TPSA) is 90.0 Å². The highest BCUT2D eigenvalue weighted by molar-refractivity contribution is 8.00. The van der Waals surface area contributed by atoms with Crippen LogP contribution in [0.1, 0.15) is 48.4 Å². The van der Waals surface area contributed by atoms with Crippen molar-refractivity contribution in [2.45, 2.75) is 50.6 Å². The molecule has 4 aromatic rings. The van der Waals surface area contributed by atoms with Crippen LogP contribution in [-0.4, -0.2) is 31.7 Å². The monoisotopic (exact) mass is 488 g/mol. The summed E-state index contributed by atoms with van der Waals surface area (Å²) in [4.78, 5) is 25.0. The van der Waals surface area contributed by atoms with Gasteiger partial charge in [0.15, 0.2) is 16.8 Å². The quantitative estimate of drug-likeness (QED) is 0.218. The number of hydrogen-bond donors (Lipinski definition) is 1. The van der Waals surface area contributed by atoms with Gasteiger partial charge in [0.25, 0.3) is 0 Å². The third kappa shape index (κ3) is 6.08. The number of nitrogens with zero attached hydrogens (tertiary/aromatic N) is 3. The molecule has 4 rings (SSSR count). The molecule has 8 heteroatoms. The predicted octanol–water partition coefficient (Wildman–Crippen LogP) is 6.00. The van der Waals surface area contributed by atoms with Gasteiger partial charge in [0.2, 0.25) is 5.91 Å². The summed E-state index contributed by atoms with van der Waals surface area (Å²) in [5.74, 6) is 1.45. The van der Waals surface area contributed by atoms with Crippen molar-refractivity contribution in [3.8, 4) is 11.4 Å². The van der Waals surface area contributed by atoms with E-state index in [0.29, 0.717) is 29.4 Å². The zero-order valence-electron chi connectivity index (χ0n) is 20.0. The van der Waals surface area contributed by atoms with Crippen molar-refractivity contribution in [3.05, 3.63) is 83.8 Å². The Hall–Kier alpha value is -3.65. The van der Waals surface area contributed by atoms with E-state index in [9.17, 15) is 9.59 Å². The molecule has 1 unspecified atom stereocenters.